The van der Waals surface area contributed by atoms with Crippen molar-refractivity contribution in [2.45, 2.75) is 6.92 Å². The molecule has 0 bridgehead atoms. The molecule has 0 saturated heterocycles. The van der Waals surface area contributed by atoms with Crippen molar-refractivity contribution in [1.82, 2.24) is 15.2 Å². The number of fused-ring (bicyclic) bond motifs is 1. The van der Waals surface area contributed by atoms with Gasteiger partial charge in [-0.25, -0.2) is 9.37 Å². The van der Waals surface area contributed by atoms with Gasteiger partial charge in [0, 0.05) is 11.1 Å². The fourth-order valence-corrected chi connectivity index (χ4v) is 1.95. The zero-order chi connectivity index (χ0) is 14.1. The van der Waals surface area contributed by atoms with Gasteiger partial charge >= 0.3 is 0 Å². The van der Waals surface area contributed by atoms with E-state index >= 15 is 0 Å². The molecule has 1 aromatic carbocycles. The molecule has 2 N–H and O–H groups in total. The zero-order valence-electron chi connectivity index (χ0n) is 10.6. The topological polar surface area (TPSA) is 70.7 Å². The van der Waals surface area contributed by atoms with E-state index in [4.69, 9.17) is 0 Å². The Bertz CT molecular complexity index is 797. The molecular formula is C14H11FN4O. The standard InChI is InChI=1S/C14H11FN4O/c1-8-3-2-4-12(16-8)17-14(20)13-10-7-9(15)5-6-11(10)18-19-13/h2-7H,1H3,(H,18,19)(H,16,17,20). The molecule has 1 amide bonds. The molecule has 6 heteroatoms. The molecule has 20 heavy (non-hydrogen) atoms. The number of aromatic nitrogens is 3. The van der Waals surface area contributed by atoms with Crippen LogP contribution in [0.15, 0.2) is 36.4 Å². The van der Waals surface area contributed by atoms with Gasteiger partial charge in [0.25, 0.3) is 5.91 Å². The number of hydrogen-bond donors (Lipinski definition) is 2. The third-order valence-electron chi connectivity index (χ3n) is 2.87. The molecule has 3 rings (SSSR count). The van der Waals surface area contributed by atoms with Crippen LogP contribution in [0.3, 0.4) is 0 Å². The third kappa shape index (κ3) is 2.23. The number of rotatable bonds is 2. The minimum atomic E-state index is -0.431. The Hall–Kier alpha value is -2.76. The first kappa shape index (κ1) is 12.3. The Morgan fingerprint density at radius 2 is 2.15 bits per heavy atom. The number of pyridine rings is 1. The summed E-state index contributed by atoms with van der Waals surface area (Å²) in [7, 11) is 0. The summed E-state index contributed by atoms with van der Waals surface area (Å²) in [6, 6.07) is 9.43. The minimum Gasteiger partial charge on any atom is -0.305 e. The number of hydrogen-bond acceptors (Lipinski definition) is 3. The highest BCUT2D eigenvalue weighted by Crippen LogP contribution is 2.18. The first-order chi connectivity index (χ1) is 9.63. The molecule has 5 nitrogen and oxygen atoms in total. The largest absolute Gasteiger partial charge is 0.305 e. The number of aryl methyl sites for hydroxylation is 1. The van der Waals surface area contributed by atoms with Crippen molar-refractivity contribution in [3.63, 3.8) is 0 Å². The molecule has 0 fully saturated rings. The van der Waals surface area contributed by atoms with E-state index in [0.717, 1.165) is 5.69 Å². The highest BCUT2D eigenvalue weighted by molar-refractivity contribution is 6.10. The van der Waals surface area contributed by atoms with Crippen molar-refractivity contribution < 1.29 is 9.18 Å². The smallest absolute Gasteiger partial charge is 0.277 e. The lowest BCUT2D eigenvalue weighted by Gasteiger charge is -2.03. The van der Waals surface area contributed by atoms with E-state index in [-0.39, 0.29) is 5.69 Å². The molecule has 0 aliphatic carbocycles. The number of anilines is 1. The Morgan fingerprint density at radius 3 is 2.95 bits per heavy atom. The van der Waals surface area contributed by atoms with Crippen LogP contribution in [0.25, 0.3) is 10.9 Å². The van der Waals surface area contributed by atoms with Gasteiger partial charge in [-0.1, -0.05) is 6.07 Å². The molecule has 2 heterocycles. The summed E-state index contributed by atoms with van der Waals surface area (Å²) in [5.41, 5.74) is 1.54. The molecule has 0 saturated carbocycles. The van der Waals surface area contributed by atoms with Crippen LogP contribution >= 0.6 is 0 Å². The molecule has 0 aliphatic rings. The summed E-state index contributed by atoms with van der Waals surface area (Å²) in [6.45, 7) is 1.83. The summed E-state index contributed by atoms with van der Waals surface area (Å²) < 4.78 is 13.3. The van der Waals surface area contributed by atoms with Gasteiger partial charge in [-0.2, -0.15) is 5.10 Å². The number of aromatic amines is 1. The first-order valence-corrected chi connectivity index (χ1v) is 6.02. The van der Waals surface area contributed by atoms with Gasteiger partial charge < -0.3 is 5.32 Å². The van der Waals surface area contributed by atoms with Crippen LogP contribution in [-0.2, 0) is 0 Å². The van der Waals surface area contributed by atoms with Crippen molar-refractivity contribution in [3.05, 3.63) is 53.6 Å². The van der Waals surface area contributed by atoms with E-state index in [1.54, 1.807) is 18.2 Å². The molecule has 3 aromatic rings. The molecule has 0 unspecified atom stereocenters. The fourth-order valence-electron chi connectivity index (χ4n) is 1.95. The van der Waals surface area contributed by atoms with Crippen molar-refractivity contribution >= 4 is 22.6 Å². The quantitative estimate of drug-likeness (QED) is 0.752. The molecule has 0 spiro atoms. The van der Waals surface area contributed by atoms with Crippen LogP contribution in [0.5, 0.6) is 0 Å². The Labute approximate surface area is 113 Å². The number of nitrogens with zero attached hydrogens (tertiary/aromatic N) is 2. The Kier molecular flexibility index (Phi) is 2.90. The number of benzene rings is 1. The van der Waals surface area contributed by atoms with Crippen LogP contribution < -0.4 is 5.32 Å². The van der Waals surface area contributed by atoms with Gasteiger partial charge in [0.2, 0.25) is 0 Å². The predicted octanol–water partition coefficient (Wildman–Crippen LogP) is 2.66. The third-order valence-corrected chi connectivity index (χ3v) is 2.87. The first-order valence-electron chi connectivity index (χ1n) is 6.02. The highest BCUT2D eigenvalue weighted by atomic mass is 19.1. The second kappa shape index (κ2) is 4.73. The molecule has 100 valence electrons. The van der Waals surface area contributed by atoms with E-state index in [9.17, 15) is 9.18 Å². The van der Waals surface area contributed by atoms with Crippen LogP contribution in [0.1, 0.15) is 16.2 Å². The summed E-state index contributed by atoms with van der Waals surface area (Å²) in [5, 5.41) is 9.70. The van der Waals surface area contributed by atoms with E-state index in [0.29, 0.717) is 16.7 Å². The van der Waals surface area contributed by atoms with Gasteiger partial charge in [-0.05, 0) is 37.3 Å². The number of carbonyl (C=O) groups is 1. The lowest BCUT2D eigenvalue weighted by Crippen LogP contribution is -2.14. The Balaban J connectivity index is 1.94. The number of halogens is 1. The zero-order valence-corrected chi connectivity index (χ0v) is 10.6. The molecule has 0 atom stereocenters. The molecular weight excluding hydrogens is 259 g/mol. The number of H-pyrrole nitrogens is 1. The Morgan fingerprint density at radius 1 is 1.30 bits per heavy atom. The van der Waals surface area contributed by atoms with Crippen molar-refractivity contribution in [2.24, 2.45) is 0 Å². The van der Waals surface area contributed by atoms with Gasteiger partial charge in [-0.15, -0.1) is 0 Å². The second-order valence-corrected chi connectivity index (χ2v) is 4.38. The van der Waals surface area contributed by atoms with E-state index in [1.807, 2.05) is 13.0 Å². The lowest BCUT2D eigenvalue weighted by atomic mass is 10.2. The molecule has 0 radical (unpaired) electrons. The van der Waals surface area contributed by atoms with E-state index in [1.165, 1.54) is 12.1 Å². The van der Waals surface area contributed by atoms with Gasteiger partial charge in [0.05, 0.1) is 5.52 Å². The van der Waals surface area contributed by atoms with Gasteiger partial charge in [0.15, 0.2) is 5.69 Å². The molecule has 2 aromatic heterocycles. The maximum atomic E-state index is 13.3. The van der Waals surface area contributed by atoms with Crippen molar-refractivity contribution in [3.8, 4) is 0 Å². The van der Waals surface area contributed by atoms with Gasteiger partial charge in [-0.3, -0.25) is 9.89 Å². The summed E-state index contributed by atoms with van der Waals surface area (Å²) in [4.78, 5) is 16.3. The van der Waals surface area contributed by atoms with Crippen molar-refractivity contribution in [2.75, 3.05) is 5.32 Å². The SMILES string of the molecule is Cc1cccc(NC(=O)c2n[nH]c3ccc(F)cc23)n1. The number of nitrogens with one attached hydrogen (secondary N) is 2. The fraction of sp³-hybridized carbons (Fsp3) is 0.0714. The van der Waals surface area contributed by atoms with Gasteiger partial charge in [0.1, 0.15) is 11.6 Å². The highest BCUT2D eigenvalue weighted by Gasteiger charge is 2.15. The van der Waals surface area contributed by atoms with Crippen LogP contribution in [0, 0.1) is 12.7 Å². The molecule has 0 aliphatic heterocycles. The minimum absolute atomic E-state index is 0.141. The maximum Gasteiger partial charge on any atom is 0.277 e. The predicted molar refractivity (Wildman–Crippen MR) is 73.0 cm³/mol. The average Bonchev–Trinajstić information content (AvgIpc) is 2.81. The maximum absolute atomic E-state index is 13.3. The summed E-state index contributed by atoms with van der Waals surface area (Å²) >= 11 is 0. The number of carbonyl (C=O) groups excluding carboxylic acids is 1. The normalized spacial score (nSPS) is 10.7. The van der Waals surface area contributed by atoms with Crippen LogP contribution in [0.2, 0.25) is 0 Å². The summed E-state index contributed by atoms with van der Waals surface area (Å²) in [6.07, 6.45) is 0. The van der Waals surface area contributed by atoms with Crippen LogP contribution in [-0.4, -0.2) is 21.1 Å². The van der Waals surface area contributed by atoms with E-state index < -0.39 is 11.7 Å². The second-order valence-electron chi connectivity index (χ2n) is 4.38. The average molecular weight is 270 g/mol. The summed E-state index contributed by atoms with van der Waals surface area (Å²) in [5.74, 6) is -0.413. The van der Waals surface area contributed by atoms with E-state index in [2.05, 4.69) is 20.5 Å². The lowest BCUT2D eigenvalue weighted by molar-refractivity contribution is 0.102. The number of amides is 1. The van der Waals surface area contributed by atoms with Crippen molar-refractivity contribution in [1.29, 1.82) is 0 Å². The van der Waals surface area contributed by atoms with Crippen LogP contribution in [0.4, 0.5) is 10.2 Å². The monoisotopic (exact) mass is 270 g/mol.